The number of carbonyl (C=O) groups excluding carboxylic acids is 4. The third-order valence-corrected chi connectivity index (χ3v) is 16.9. The van der Waals surface area contributed by atoms with Gasteiger partial charge in [-0.3, -0.25) is 37.3 Å². The van der Waals surface area contributed by atoms with Crippen LogP contribution < -0.4 is 0 Å². The largest absolute Gasteiger partial charge is 0.472 e. The molecule has 0 heterocycles. The van der Waals surface area contributed by atoms with Crippen molar-refractivity contribution < 1.29 is 80.2 Å². The first-order valence-corrected chi connectivity index (χ1v) is 37.6. The Kier molecular flexibility index (Phi) is 59.6. The van der Waals surface area contributed by atoms with Gasteiger partial charge in [-0.15, -0.1) is 0 Å². The van der Waals surface area contributed by atoms with E-state index < -0.39 is 97.5 Å². The van der Waals surface area contributed by atoms with E-state index in [1.807, 2.05) is 0 Å². The van der Waals surface area contributed by atoms with E-state index in [2.05, 4.69) is 52.0 Å². The predicted molar refractivity (Wildman–Crippen MR) is 345 cm³/mol. The summed E-state index contributed by atoms with van der Waals surface area (Å²) >= 11 is 0. The summed E-state index contributed by atoms with van der Waals surface area (Å²) in [5, 5.41) is 10.5. The highest BCUT2D eigenvalue weighted by Crippen LogP contribution is 2.45. The van der Waals surface area contributed by atoms with Crippen LogP contribution in [0, 0.1) is 0 Å². The lowest BCUT2D eigenvalue weighted by Gasteiger charge is -2.21. The number of hydrogen-bond donors (Lipinski definition) is 3. The number of carbonyl (C=O) groups is 4. The number of allylic oxidation sites excluding steroid dienone is 4. The minimum Gasteiger partial charge on any atom is -0.462 e. The van der Waals surface area contributed by atoms with E-state index in [9.17, 15) is 43.2 Å². The molecule has 86 heavy (non-hydrogen) atoms. The number of phosphoric acid groups is 2. The summed E-state index contributed by atoms with van der Waals surface area (Å²) in [5.74, 6) is -2.16. The summed E-state index contributed by atoms with van der Waals surface area (Å²) in [7, 11) is -9.90. The molecule has 0 aliphatic carbocycles. The highest BCUT2D eigenvalue weighted by molar-refractivity contribution is 7.47. The molecule has 0 aromatic rings. The van der Waals surface area contributed by atoms with Gasteiger partial charge in [-0.2, -0.15) is 0 Å². The van der Waals surface area contributed by atoms with Crippen molar-refractivity contribution in [2.75, 3.05) is 39.6 Å². The molecule has 5 atom stereocenters. The second-order valence-electron chi connectivity index (χ2n) is 23.5. The number of aliphatic hydroxyl groups is 1. The van der Waals surface area contributed by atoms with Crippen LogP contribution in [0.25, 0.3) is 0 Å². The molecule has 0 amide bonds. The lowest BCUT2D eigenvalue weighted by molar-refractivity contribution is -0.161. The average Bonchev–Trinajstić information content (AvgIpc) is 3.65. The van der Waals surface area contributed by atoms with Gasteiger partial charge < -0.3 is 33.8 Å². The number of ether oxygens (including phenoxy) is 4. The van der Waals surface area contributed by atoms with Crippen LogP contribution in [0.15, 0.2) is 24.3 Å². The minimum absolute atomic E-state index is 0.0857. The van der Waals surface area contributed by atoms with Crippen molar-refractivity contribution in [2.24, 2.45) is 0 Å². The van der Waals surface area contributed by atoms with E-state index in [0.29, 0.717) is 25.7 Å². The fourth-order valence-electron chi connectivity index (χ4n) is 9.62. The van der Waals surface area contributed by atoms with Gasteiger partial charge in [-0.25, -0.2) is 9.13 Å². The predicted octanol–water partition coefficient (Wildman–Crippen LogP) is 18.7. The smallest absolute Gasteiger partial charge is 0.462 e. The Labute approximate surface area is 522 Å². The zero-order valence-electron chi connectivity index (χ0n) is 54.8. The molecule has 0 saturated heterocycles. The molecule has 2 unspecified atom stereocenters. The van der Waals surface area contributed by atoms with Gasteiger partial charge in [0.25, 0.3) is 0 Å². The molecule has 0 aromatic carbocycles. The molecule has 3 N–H and O–H groups in total. The molecular weight excluding hydrogens is 1140 g/mol. The fourth-order valence-corrected chi connectivity index (χ4v) is 11.2. The van der Waals surface area contributed by atoms with Gasteiger partial charge in [0, 0.05) is 25.7 Å². The monoisotopic (exact) mass is 1260 g/mol. The van der Waals surface area contributed by atoms with Crippen molar-refractivity contribution in [2.45, 2.75) is 341 Å². The van der Waals surface area contributed by atoms with E-state index in [-0.39, 0.29) is 25.7 Å². The van der Waals surface area contributed by atoms with Crippen LogP contribution in [0.1, 0.15) is 323 Å². The Hall–Kier alpha value is -2.46. The van der Waals surface area contributed by atoms with Crippen molar-refractivity contribution in [1.82, 2.24) is 0 Å². The Bertz CT molecular complexity index is 1750. The van der Waals surface area contributed by atoms with Crippen molar-refractivity contribution in [1.29, 1.82) is 0 Å². The number of rotatable bonds is 66. The summed E-state index contributed by atoms with van der Waals surface area (Å²) < 4.78 is 68.0. The van der Waals surface area contributed by atoms with E-state index in [0.717, 1.165) is 116 Å². The molecule has 0 bridgehead atoms. The molecule has 17 nitrogen and oxygen atoms in total. The van der Waals surface area contributed by atoms with Crippen molar-refractivity contribution >= 4 is 39.5 Å². The average molecular weight is 1270 g/mol. The highest BCUT2D eigenvalue weighted by atomic mass is 31.2. The molecule has 19 heteroatoms. The van der Waals surface area contributed by atoms with Crippen LogP contribution in [0.4, 0.5) is 0 Å². The van der Waals surface area contributed by atoms with Crippen LogP contribution in [0.3, 0.4) is 0 Å². The SMILES string of the molecule is CCCCCC/C=C\C=C/CCCCCCCC(=O)O[C@H](COC(=O)CCCCCCCCCCCCCCC)COP(=O)(O)OC[C@@H](O)COP(=O)(O)OC[C@@H](COC(=O)CCCCCCCCC)OC(=O)CCCCCCCCCCCCC. The lowest BCUT2D eigenvalue weighted by atomic mass is 10.0. The molecule has 0 spiro atoms. The minimum atomic E-state index is -4.95. The standard InChI is InChI=1S/C67H126O17P2/c1-5-9-13-17-21-24-27-29-30-32-35-38-42-46-50-54-67(72)84-63(58-78-65(70)52-48-44-40-36-34-31-28-25-22-18-14-10-6-2)60-82-86(75,76)80-56-61(68)55-79-85(73,74)81-59-62(57-77-64(69)51-47-43-39-20-16-12-8-4)83-66(71)53-49-45-41-37-33-26-23-19-15-11-7-3/h24,27,29-30,61-63,68H,5-23,25-26,28,31-60H2,1-4H3,(H,73,74)(H,75,76)/b27-24-,30-29-/t61-,62+,63+/m0/s1. The van der Waals surface area contributed by atoms with E-state index >= 15 is 0 Å². The van der Waals surface area contributed by atoms with E-state index in [4.69, 9.17) is 37.0 Å². The van der Waals surface area contributed by atoms with Gasteiger partial charge in [0.15, 0.2) is 12.2 Å². The zero-order valence-corrected chi connectivity index (χ0v) is 56.6. The van der Waals surface area contributed by atoms with Crippen molar-refractivity contribution in [3.05, 3.63) is 24.3 Å². The molecule has 0 fully saturated rings. The topological polar surface area (TPSA) is 237 Å². The van der Waals surface area contributed by atoms with Gasteiger partial charge in [-0.05, 0) is 51.4 Å². The normalized spacial score (nSPS) is 14.3. The molecule has 0 aromatic heterocycles. The molecule has 0 radical (unpaired) electrons. The molecular formula is C67H126O17P2. The van der Waals surface area contributed by atoms with Crippen molar-refractivity contribution in [3.63, 3.8) is 0 Å². The highest BCUT2D eigenvalue weighted by Gasteiger charge is 2.30. The summed E-state index contributed by atoms with van der Waals surface area (Å²) in [4.78, 5) is 72.2. The van der Waals surface area contributed by atoms with Crippen molar-refractivity contribution in [3.8, 4) is 0 Å². The number of hydrogen-bond acceptors (Lipinski definition) is 15. The first-order valence-electron chi connectivity index (χ1n) is 34.6. The number of esters is 4. The summed E-state index contributed by atoms with van der Waals surface area (Å²) in [6, 6.07) is 0. The van der Waals surface area contributed by atoms with Gasteiger partial charge in [0.05, 0.1) is 26.4 Å². The number of aliphatic hydroxyl groups excluding tert-OH is 1. The first-order chi connectivity index (χ1) is 41.7. The second kappa shape index (κ2) is 61.4. The van der Waals surface area contributed by atoms with Gasteiger partial charge >= 0.3 is 39.5 Å². The maximum Gasteiger partial charge on any atom is 0.472 e. The van der Waals surface area contributed by atoms with Crippen LogP contribution in [-0.4, -0.2) is 96.7 Å². The Morgan fingerprint density at radius 3 is 0.849 bits per heavy atom. The maximum absolute atomic E-state index is 13.0. The van der Waals surface area contributed by atoms with E-state index in [1.165, 1.54) is 128 Å². The van der Waals surface area contributed by atoms with Gasteiger partial charge in [0.2, 0.25) is 0 Å². The summed E-state index contributed by atoms with van der Waals surface area (Å²) in [6.07, 6.45) is 50.8. The zero-order chi connectivity index (χ0) is 63.3. The molecule has 0 saturated carbocycles. The Balaban J connectivity index is 5.25. The first kappa shape index (κ1) is 83.5. The Morgan fingerprint density at radius 2 is 0.558 bits per heavy atom. The lowest BCUT2D eigenvalue weighted by Crippen LogP contribution is -2.30. The van der Waals surface area contributed by atoms with Gasteiger partial charge in [0.1, 0.15) is 19.3 Å². The maximum atomic E-state index is 13.0. The van der Waals surface area contributed by atoms with Gasteiger partial charge in [-0.1, -0.05) is 270 Å². The van der Waals surface area contributed by atoms with E-state index in [1.54, 1.807) is 0 Å². The van der Waals surface area contributed by atoms with Crippen LogP contribution in [-0.2, 0) is 65.4 Å². The molecule has 0 aliphatic heterocycles. The molecule has 0 rings (SSSR count). The number of unbranched alkanes of at least 4 members (excludes halogenated alkanes) is 37. The van der Waals surface area contributed by atoms with Crippen LogP contribution in [0.2, 0.25) is 0 Å². The second-order valence-corrected chi connectivity index (χ2v) is 26.4. The van der Waals surface area contributed by atoms with Crippen LogP contribution in [0.5, 0.6) is 0 Å². The number of phosphoric ester groups is 2. The Morgan fingerprint density at radius 1 is 0.326 bits per heavy atom. The fraction of sp³-hybridized carbons (Fsp3) is 0.881. The molecule has 0 aliphatic rings. The quantitative estimate of drug-likeness (QED) is 0.0169. The summed E-state index contributed by atoms with van der Waals surface area (Å²) in [5.41, 5.74) is 0. The van der Waals surface area contributed by atoms with Crippen LogP contribution >= 0.6 is 15.6 Å². The summed E-state index contributed by atoms with van der Waals surface area (Å²) in [6.45, 7) is 4.81. The molecule has 506 valence electrons. The third kappa shape index (κ3) is 60.5. The third-order valence-electron chi connectivity index (χ3n) is 15.0.